The van der Waals surface area contributed by atoms with Crippen molar-refractivity contribution < 1.29 is 0 Å². The van der Waals surface area contributed by atoms with Crippen molar-refractivity contribution >= 4 is 28.7 Å². The molecule has 0 aliphatic rings. The molecule has 5 rings (SSSR count). The van der Waals surface area contributed by atoms with Gasteiger partial charge in [-0.1, -0.05) is 124 Å². The fourth-order valence-electron chi connectivity index (χ4n) is 5.10. The molecule has 5 aromatic rings. The Morgan fingerprint density at radius 1 is 0.487 bits per heavy atom. The van der Waals surface area contributed by atoms with Crippen LogP contribution in [-0.2, 0) is 12.8 Å². The average molecular weight is 508 g/mol. The Hall–Kier alpha value is -4.36. The normalized spacial score (nSPS) is 10.7. The van der Waals surface area contributed by atoms with Crippen LogP contribution < -0.4 is 4.90 Å². The van der Waals surface area contributed by atoms with E-state index in [0.717, 1.165) is 31.4 Å². The summed E-state index contributed by atoms with van der Waals surface area (Å²) >= 11 is 0. The molecule has 0 fully saturated rings. The van der Waals surface area contributed by atoms with Gasteiger partial charge < -0.3 is 4.90 Å². The van der Waals surface area contributed by atoms with Crippen LogP contribution in [0.25, 0.3) is 11.6 Å². The summed E-state index contributed by atoms with van der Waals surface area (Å²) in [6.45, 7) is 4.46. The van der Waals surface area contributed by atoms with Crippen molar-refractivity contribution in [3.8, 4) is 0 Å². The zero-order valence-electron chi connectivity index (χ0n) is 23.1. The number of hydrogen-bond acceptors (Lipinski definition) is 1. The van der Waals surface area contributed by atoms with E-state index in [1.165, 1.54) is 44.8 Å². The SMILES string of the molecule is CCCc1ccc(N(c2ccc(C=C(c3ccccc3)c3ccccc3)cc2)c2ccc(CCC)cc2)cc1. The highest BCUT2D eigenvalue weighted by molar-refractivity contribution is 5.91. The van der Waals surface area contributed by atoms with E-state index >= 15 is 0 Å². The highest BCUT2D eigenvalue weighted by Crippen LogP contribution is 2.35. The topological polar surface area (TPSA) is 3.24 Å². The molecule has 39 heavy (non-hydrogen) atoms. The summed E-state index contributed by atoms with van der Waals surface area (Å²) in [5.41, 5.74) is 11.1. The first kappa shape index (κ1) is 26.3. The Morgan fingerprint density at radius 2 is 0.872 bits per heavy atom. The van der Waals surface area contributed by atoms with Gasteiger partial charge in [0.2, 0.25) is 0 Å². The molecule has 1 heteroatoms. The molecular formula is C38H37N. The van der Waals surface area contributed by atoms with Gasteiger partial charge in [-0.05, 0) is 88.7 Å². The number of anilines is 3. The maximum absolute atomic E-state index is 2.36. The first-order valence-electron chi connectivity index (χ1n) is 14.2. The number of rotatable bonds is 10. The molecule has 0 atom stereocenters. The second-order valence-electron chi connectivity index (χ2n) is 10.0. The molecule has 0 aliphatic heterocycles. The number of nitrogens with zero attached hydrogens (tertiary/aromatic N) is 1. The van der Waals surface area contributed by atoms with Crippen LogP contribution in [0, 0.1) is 0 Å². The predicted octanol–water partition coefficient (Wildman–Crippen LogP) is 10.7. The Kier molecular flexibility index (Phi) is 8.71. The van der Waals surface area contributed by atoms with Crippen LogP contribution >= 0.6 is 0 Å². The van der Waals surface area contributed by atoms with Crippen LogP contribution in [0.5, 0.6) is 0 Å². The molecule has 0 unspecified atom stereocenters. The summed E-state index contributed by atoms with van der Waals surface area (Å²) in [4.78, 5) is 2.36. The van der Waals surface area contributed by atoms with Gasteiger partial charge in [0.15, 0.2) is 0 Å². The first-order valence-corrected chi connectivity index (χ1v) is 14.2. The molecule has 1 nitrogen and oxygen atoms in total. The van der Waals surface area contributed by atoms with E-state index in [2.05, 4.69) is 158 Å². The van der Waals surface area contributed by atoms with Crippen molar-refractivity contribution in [2.45, 2.75) is 39.5 Å². The minimum Gasteiger partial charge on any atom is -0.311 e. The number of aryl methyl sites for hydroxylation is 2. The zero-order valence-corrected chi connectivity index (χ0v) is 23.1. The fraction of sp³-hybridized carbons (Fsp3) is 0.158. The van der Waals surface area contributed by atoms with Gasteiger partial charge in [-0.3, -0.25) is 0 Å². The Morgan fingerprint density at radius 3 is 1.26 bits per heavy atom. The van der Waals surface area contributed by atoms with E-state index in [9.17, 15) is 0 Å². The summed E-state index contributed by atoms with van der Waals surface area (Å²) in [5, 5.41) is 0. The number of benzene rings is 5. The van der Waals surface area contributed by atoms with Gasteiger partial charge in [0.1, 0.15) is 0 Å². The minimum absolute atomic E-state index is 1.11. The Balaban J connectivity index is 1.52. The highest BCUT2D eigenvalue weighted by atomic mass is 15.1. The molecule has 0 heterocycles. The van der Waals surface area contributed by atoms with Gasteiger partial charge in [-0.15, -0.1) is 0 Å². The van der Waals surface area contributed by atoms with Crippen molar-refractivity contribution in [3.63, 3.8) is 0 Å². The lowest BCUT2D eigenvalue weighted by atomic mass is 9.95. The monoisotopic (exact) mass is 507 g/mol. The van der Waals surface area contributed by atoms with Crippen molar-refractivity contribution in [2.75, 3.05) is 4.90 Å². The smallest absolute Gasteiger partial charge is 0.0462 e. The third kappa shape index (κ3) is 6.56. The maximum Gasteiger partial charge on any atom is 0.0462 e. The fourth-order valence-corrected chi connectivity index (χ4v) is 5.10. The van der Waals surface area contributed by atoms with Crippen LogP contribution in [0.3, 0.4) is 0 Å². The van der Waals surface area contributed by atoms with Gasteiger partial charge in [0, 0.05) is 17.1 Å². The van der Waals surface area contributed by atoms with Crippen LogP contribution in [0.1, 0.15) is 54.5 Å². The standard InChI is InChI=1S/C38H37N/c1-3-11-30-17-23-35(24-18-30)39(36-25-19-31(12-4-2)20-26-36)37-27-21-32(22-28-37)29-38(33-13-7-5-8-14-33)34-15-9-6-10-16-34/h5-10,13-29H,3-4,11-12H2,1-2H3. The molecule has 194 valence electrons. The molecule has 0 radical (unpaired) electrons. The lowest BCUT2D eigenvalue weighted by Gasteiger charge is -2.26. The highest BCUT2D eigenvalue weighted by Gasteiger charge is 2.13. The summed E-state index contributed by atoms with van der Waals surface area (Å²) in [5.74, 6) is 0. The molecule has 0 saturated heterocycles. The molecule has 0 saturated carbocycles. The van der Waals surface area contributed by atoms with Crippen molar-refractivity contribution in [1.29, 1.82) is 0 Å². The molecule has 0 spiro atoms. The minimum atomic E-state index is 1.11. The summed E-state index contributed by atoms with van der Waals surface area (Å²) < 4.78 is 0. The summed E-state index contributed by atoms with van der Waals surface area (Å²) in [7, 11) is 0. The molecule has 0 bridgehead atoms. The van der Waals surface area contributed by atoms with E-state index in [-0.39, 0.29) is 0 Å². The Bertz CT molecular complexity index is 1370. The van der Waals surface area contributed by atoms with E-state index in [4.69, 9.17) is 0 Å². The largest absolute Gasteiger partial charge is 0.311 e. The van der Waals surface area contributed by atoms with Gasteiger partial charge in [0.05, 0.1) is 0 Å². The third-order valence-corrected chi connectivity index (χ3v) is 7.10. The quantitative estimate of drug-likeness (QED) is 0.170. The van der Waals surface area contributed by atoms with Gasteiger partial charge >= 0.3 is 0 Å². The van der Waals surface area contributed by atoms with Crippen LogP contribution in [0.4, 0.5) is 17.1 Å². The van der Waals surface area contributed by atoms with Gasteiger partial charge in [0.25, 0.3) is 0 Å². The summed E-state index contributed by atoms with van der Waals surface area (Å²) in [6, 6.07) is 48.3. The van der Waals surface area contributed by atoms with Gasteiger partial charge in [-0.2, -0.15) is 0 Å². The second-order valence-corrected chi connectivity index (χ2v) is 10.0. The van der Waals surface area contributed by atoms with Crippen LogP contribution in [0.15, 0.2) is 133 Å². The molecule has 5 aromatic carbocycles. The average Bonchev–Trinajstić information content (AvgIpc) is 3.00. The van der Waals surface area contributed by atoms with Crippen LogP contribution in [0.2, 0.25) is 0 Å². The molecular weight excluding hydrogens is 470 g/mol. The molecule has 0 amide bonds. The van der Waals surface area contributed by atoms with E-state index in [1.807, 2.05) is 0 Å². The lowest BCUT2D eigenvalue weighted by Crippen LogP contribution is -2.10. The van der Waals surface area contributed by atoms with E-state index in [1.54, 1.807) is 0 Å². The van der Waals surface area contributed by atoms with E-state index in [0.29, 0.717) is 0 Å². The second kappa shape index (κ2) is 12.9. The molecule has 0 N–H and O–H groups in total. The molecule has 0 aliphatic carbocycles. The van der Waals surface area contributed by atoms with E-state index < -0.39 is 0 Å². The maximum atomic E-state index is 2.36. The number of hydrogen-bond donors (Lipinski definition) is 0. The molecule has 0 aromatic heterocycles. The first-order chi connectivity index (χ1) is 19.2. The Labute approximate surface area is 234 Å². The predicted molar refractivity (Wildman–Crippen MR) is 169 cm³/mol. The van der Waals surface area contributed by atoms with Crippen molar-refractivity contribution in [3.05, 3.63) is 161 Å². The summed E-state index contributed by atoms with van der Waals surface area (Å²) in [6.07, 6.45) is 6.82. The van der Waals surface area contributed by atoms with Crippen molar-refractivity contribution in [1.82, 2.24) is 0 Å². The van der Waals surface area contributed by atoms with Gasteiger partial charge in [-0.25, -0.2) is 0 Å². The van der Waals surface area contributed by atoms with Crippen molar-refractivity contribution in [2.24, 2.45) is 0 Å². The lowest BCUT2D eigenvalue weighted by molar-refractivity contribution is 0.921. The third-order valence-electron chi connectivity index (χ3n) is 7.10. The zero-order chi connectivity index (χ0) is 26.9. The van der Waals surface area contributed by atoms with Crippen LogP contribution in [-0.4, -0.2) is 0 Å².